The van der Waals surface area contributed by atoms with E-state index in [1.807, 2.05) is 62.3 Å². The summed E-state index contributed by atoms with van der Waals surface area (Å²) < 4.78 is 0. The molecular weight excluding hydrogens is 558 g/mol. The van der Waals surface area contributed by atoms with E-state index in [0.717, 1.165) is 0 Å². The molecule has 44 heavy (non-hydrogen) atoms. The highest BCUT2D eigenvalue weighted by Crippen LogP contribution is 2.24. The highest BCUT2D eigenvalue weighted by atomic mass is 16.2. The molecule has 0 aliphatic rings. The van der Waals surface area contributed by atoms with E-state index >= 15 is 0 Å². The lowest BCUT2D eigenvalue weighted by molar-refractivity contribution is -0.135. The largest absolute Gasteiger partial charge is 0.346 e. The first-order chi connectivity index (χ1) is 19.5. The van der Waals surface area contributed by atoms with Crippen molar-refractivity contribution in [3.8, 4) is 0 Å². The number of ketones is 4. The molecule has 3 atom stereocenters. The van der Waals surface area contributed by atoms with Crippen LogP contribution in [-0.4, -0.2) is 58.6 Å². The molecule has 0 aromatic rings. The Balaban J connectivity index is 5.69. The van der Waals surface area contributed by atoms with Crippen molar-refractivity contribution in [2.75, 3.05) is 0 Å². The number of hydrogen-bond acceptors (Lipinski definition) is 7. The molecule has 0 aromatic carbocycles. The molecule has 0 heterocycles. The lowest BCUT2D eigenvalue weighted by atomic mass is 9.82. The molecule has 9 nitrogen and oxygen atoms in total. The number of amides is 2. The predicted molar refractivity (Wildman–Crippen MR) is 176 cm³/mol. The standard InChI is InChI=1S/C35H63N3O6/c1-31(2,3)25(39)19-16-22(28(42)32(4,5)6)36-26(40)20-17-23(29(43)33(7,8)9)37-27(41)21-18-24(38-35(13,14)15)30(44)34(10,11)12/h22-24,38H,16-21H2,1-15H3,(H,36,40)(H,37,41). The number of hydrogen-bond donors (Lipinski definition) is 3. The fraction of sp³-hybridized carbons (Fsp3) is 0.829. The van der Waals surface area contributed by atoms with Crippen molar-refractivity contribution in [2.24, 2.45) is 21.7 Å². The molecule has 3 N–H and O–H groups in total. The van der Waals surface area contributed by atoms with E-state index in [2.05, 4.69) is 16.0 Å². The molecule has 3 unspecified atom stereocenters. The summed E-state index contributed by atoms with van der Waals surface area (Å²) in [6, 6.07) is -2.29. The first-order valence-electron chi connectivity index (χ1n) is 16.0. The van der Waals surface area contributed by atoms with Gasteiger partial charge in [-0.05, 0) is 40.0 Å². The molecule has 0 saturated heterocycles. The first-order valence-corrected chi connectivity index (χ1v) is 16.0. The van der Waals surface area contributed by atoms with Gasteiger partial charge in [-0.2, -0.15) is 0 Å². The summed E-state index contributed by atoms with van der Waals surface area (Å²) in [6.45, 7) is 27.4. The van der Waals surface area contributed by atoms with E-state index in [0.29, 0.717) is 0 Å². The van der Waals surface area contributed by atoms with Crippen LogP contribution in [0.4, 0.5) is 0 Å². The predicted octanol–water partition coefficient (Wildman–Crippen LogP) is 5.51. The molecule has 0 spiro atoms. The Labute approximate surface area is 267 Å². The van der Waals surface area contributed by atoms with Gasteiger partial charge in [-0.15, -0.1) is 0 Å². The summed E-state index contributed by atoms with van der Waals surface area (Å²) >= 11 is 0. The van der Waals surface area contributed by atoms with Gasteiger partial charge in [0.2, 0.25) is 11.8 Å². The van der Waals surface area contributed by atoms with E-state index in [-0.39, 0.29) is 73.1 Å². The summed E-state index contributed by atoms with van der Waals surface area (Å²) in [5.74, 6) is -1.19. The van der Waals surface area contributed by atoms with Gasteiger partial charge in [0.25, 0.3) is 0 Å². The van der Waals surface area contributed by atoms with Crippen LogP contribution in [0.2, 0.25) is 0 Å². The van der Waals surface area contributed by atoms with Crippen LogP contribution < -0.4 is 16.0 Å². The first kappa shape index (κ1) is 41.6. The second-order valence-corrected chi connectivity index (χ2v) is 17.3. The summed E-state index contributed by atoms with van der Waals surface area (Å²) in [4.78, 5) is 78.3. The van der Waals surface area contributed by atoms with Gasteiger partial charge in [0.05, 0.1) is 18.1 Å². The summed E-state index contributed by atoms with van der Waals surface area (Å²) in [6.07, 6.45) is 0.593. The fourth-order valence-corrected chi connectivity index (χ4v) is 4.63. The van der Waals surface area contributed by atoms with Crippen LogP contribution in [0.1, 0.15) is 142 Å². The number of rotatable bonds is 15. The molecule has 0 aromatic heterocycles. The Bertz CT molecular complexity index is 1040. The third-order valence-electron chi connectivity index (χ3n) is 7.26. The Kier molecular flexibility index (Phi) is 14.9. The van der Waals surface area contributed by atoms with Gasteiger partial charge in [0, 0.05) is 46.5 Å². The van der Waals surface area contributed by atoms with Crippen molar-refractivity contribution < 1.29 is 28.8 Å². The summed E-state index contributed by atoms with van der Waals surface area (Å²) in [5.41, 5.74) is -2.99. The topological polar surface area (TPSA) is 139 Å². The van der Waals surface area contributed by atoms with Crippen LogP contribution in [0, 0.1) is 21.7 Å². The lowest BCUT2D eigenvalue weighted by Crippen LogP contribution is -2.51. The molecule has 0 radical (unpaired) electrons. The van der Waals surface area contributed by atoms with Gasteiger partial charge in [-0.1, -0.05) is 83.1 Å². The second kappa shape index (κ2) is 15.7. The Morgan fingerprint density at radius 1 is 0.432 bits per heavy atom. The highest BCUT2D eigenvalue weighted by Gasteiger charge is 2.35. The number of Topliss-reactive ketones (excluding diaryl/α,β-unsaturated/α-hetero) is 4. The number of carbonyl (C=O) groups excluding carboxylic acids is 6. The minimum Gasteiger partial charge on any atom is -0.346 e. The Hall–Kier alpha value is -2.42. The van der Waals surface area contributed by atoms with Crippen molar-refractivity contribution in [3.05, 3.63) is 0 Å². The van der Waals surface area contributed by atoms with Gasteiger partial charge < -0.3 is 16.0 Å². The van der Waals surface area contributed by atoms with E-state index in [9.17, 15) is 28.8 Å². The molecule has 0 saturated carbocycles. The maximum Gasteiger partial charge on any atom is 0.220 e. The van der Waals surface area contributed by atoms with Crippen LogP contribution >= 0.6 is 0 Å². The van der Waals surface area contributed by atoms with Crippen molar-refractivity contribution >= 4 is 34.9 Å². The lowest BCUT2D eigenvalue weighted by Gasteiger charge is -2.32. The van der Waals surface area contributed by atoms with E-state index in [4.69, 9.17) is 0 Å². The smallest absolute Gasteiger partial charge is 0.220 e. The minimum atomic E-state index is -0.917. The molecule has 0 bridgehead atoms. The highest BCUT2D eigenvalue weighted by molar-refractivity contribution is 5.95. The minimum absolute atomic E-state index is 0.00106. The van der Waals surface area contributed by atoms with Crippen molar-refractivity contribution in [1.82, 2.24) is 16.0 Å². The SMILES string of the molecule is CC(C)(C)NC(CCC(=O)NC(CCC(=O)NC(CCC(=O)C(C)(C)C)C(=O)C(C)(C)C)C(=O)C(C)(C)C)C(=O)C(C)(C)C. The van der Waals surface area contributed by atoms with E-state index in [1.54, 1.807) is 41.5 Å². The Morgan fingerprint density at radius 3 is 1.02 bits per heavy atom. The van der Waals surface area contributed by atoms with Crippen LogP contribution in [0.5, 0.6) is 0 Å². The van der Waals surface area contributed by atoms with Crippen LogP contribution in [-0.2, 0) is 28.8 Å². The average molecular weight is 622 g/mol. The molecule has 254 valence electrons. The van der Waals surface area contributed by atoms with Gasteiger partial charge in [-0.3, -0.25) is 28.8 Å². The summed E-state index contributed by atoms with van der Waals surface area (Å²) in [5, 5.41) is 8.93. The normalized spacial score (nSPS) is 15.2. The molecule has 0 rings (SSSR count). The molecular formula is C35H63N3O6. The average Bonchev–Trinajstić information content (AvgIpc) is 2.82. The maximum absolute atomic E-state index is 13.3. The van der Waals surface area contributed by atoms with E-state index < -0.39 is 45.7 Å². The molecule has 2 amide bonds. The maximum atomic E-state index is 13.3. The molecule has 0 fully saturated rings. The molecule has 9 heteroatoms. The summed E-state index contributed by atoms with van der Waals surface area (Å²) in [7, 11) is 0. The van der Waals surface area contributed by atoms with Crippen LogP contribution in [0.25, 0.3) is 0 Å². The van der Waals surface area contributed by atoms with Gasteiger partial charge in [0.15, 0.2) is 17.3 Å². The number of carbonyl (C=O) groups is 6. The van der Waals surface area contributed by atoms with Crippen molar-refractivity contribution in [3.63, 3.8) is 0 Å². The van der Waals surface area contributed by atoms with Crippen LogP contribution in [0.3, 0.4) is 0 Å². The molecule has 0 aliphatic heterocycles. The number of nitrogens with one attached hydrogen (secondary N) is 3. The van der Waals surface area contributed by atoms with Crippen molar-refractivity contribution in [1.29, 1.82) is 0 Å². The monoisotopic (exact) mass is 621 g/mol. The zero-order chi connectivity index (χ0) is 35.1. The quantitative estimate of drug-likeness (QED) is 0.219. The zero-order valence-corrected chi connectivity index (χ0v) is 30.4. The van der Waals surface area contributed by atoms with E-state index in [1.165, 1.54) is 0 Å². The van der Waals surface area contributed by atoms with Crippen LogP contribution in [0.15, 0.2) is 0 Å². The molecule has 0 aliphatic carbocycles. The Morgan fingerprint density at radius 2 is 0.727 bits per heavy atom. The second-order valence-electron chi connectivity index (χ2n) is 17.3. The van der Waals surface area contributed by atoms with Gasteiger partial charge in [-0.25, -0.2) is 0 Å². The van der Waals surface area contributed by atoms with Gasteiger partial charge in [0.1, 0.15) is 5.78 Å². The van der Waals surface area contributed by atoms with Gasteiger partial charge >= 0.3 is 0 Å². The fourth-order valence-electron chi connectivity index (χ4n) is 4.63. The third-order valence-corrected chi connectivity index (χ3v) is 7.26. The third kappa shape index (κ3) is 15.5. The zero-order valence-electron chi connectivity index (χ0n) is 30.4. The van der Waals surface area contributed by atoms with Crippen molar-refractivity contribution in [2.45, 2.75) is 166 Å².